The molecule has 0 radical (unpaired) electrons. The second-order valence-electron chi connectivity index (χ2n) is 4.92. The summed E-state index contributed by atoms with van der Waals surface area (Å²) in [5.41, 5.74) is -0.777. The lowest BCUT2D eigenvalue weighted by atomic mass is 10.0. The minimum Gasteiger partial charge on any atom is -0.396 e. The SMILES string of the molecule is O=[N+]([O-])c1cc(F)ccc1S(=O)(=O)N1CCCC(CO)C1. The highest BCUT2D eigenvalue weighted by Gasteiger charge is 2.34. The molecule has 0 aliphatic carbocycles. The molecule has 0 saturated carbocycles. The van der Waals surface area contributed by atoms with Crippen LogP contribution < -0.4 is 0 Å². The molecule has 0 aromatic heterocycles. The number of aliphatic hydroxyl groups is 1. The molecular weight excluding hydrogens is 303 g/mol. The standard InChI is InChI=1S/C12H15FN2O5S/c13-10-3-4-12(11(6-10)15(17)18)21(19,20)14-5-1-2-9(7-14)8-16/h3-4,6,9,16H,1-2,5,7-8H2. The number of piperidine rings is 1. The van der Waals surface area contributed by atoms with Crippen molar-refractivity contribution in [1.29, 1.82) is 0 Å². The van der Waals surface area contributed by atoms with Gasteiger partial charge in [0.15, 0.2) is 4.90 Å². The third-order valence-corrected chi connectivity index (χ3v) is 5.39. The van der Waals surface area contributed by atoms with Crippen LogP contribution in [0.15, 0.2) is 23.1 Å². The Morgan fingerprint density at radius 1 is 1.48 bits per heavy atom. The molecule has 9 heteroatoms. The predicted octanol–water partition coefficient (Wildman–Crippen LogP) is 1.13. The van der Waals surface area contributed by atoms with Crippen molar-refractivity contribution < 1.29 is 22.8 Å². The van der Waals surface area contributed by atoms with Gasteiger partial charge in [-0.1, -0.05) is 0 Å². The van der Waals surface area contributed by atoms with E-state index in [1.807, 2.05) is 0 Å². The van der Waals surface area contributed by atoms with Crippen molar-refractivity contribution in [2.24, 2.45) is 5.92 Å². The fraction of sp³-hybridized carbons (Fsp3) is 0.500. The van der Waals surface area contributed by atoms with Gasteiger partial charge in [-0.2, -0.15) is 4.31 Å². The number of sulfonamides is 1. The molecule has 0 spiro atoms. The van der Waals surface area contributed by atoms with Crippen LogP contribution in [0.3, 0.4) is 0 Å². The molecule has 2 rings (SSSR count). The van der Waals surface area contributed by atoms with Crippen LogP contribution in [0.5, 0.6) is 0 Å². The average Bonchev–Trinajstić information content (AvgIpc) is 2.46. The fourth-order valence-electron chi connectivity index (χ4n) is 2.38. The summed E-state index contributed by atoms with van der Waals surface area (Å²) < 4.78 is 39.2. The first-order chi connectivity index (χ1) is 9.86. The molecule has 116 valence electrons. The van der Waals surface area contributed by atoms with Crippen LogP contribution in [-0.2, 0) is 10.0 Å². The highest BCUT2D eigenvalue weighted by Crippen LogP contribution is 2.30. The second kappa shape index (κ2) is 6.04. The summed E-state index contributed by atoms with van der Waals surface area (Å²) in [6.45, 7) is 0.193. The molecule has 1 aromatic rings. The Hall–Kier alpha value is -1.58. The van der Waals surface area contributed by atoms with E-state index in [1.165, 1.54) is 0 Å². The molecule has 1 unspecified atom stereocenters. The first-order valence-electron chi connectivity index (χ1n) is 6.41. The van der Waals surface area contributed by atoms with Gasteiger partial charge in [-0.15, -0.1) is 0 Å². The molecule has 1 atom stereocenters. The largest absolute Gasteiger partial charge is 0.396 e. The van der Waals surface area contributed by atoms with Crippen LogP contribution in [0.1, 0.15) is 12.8 Å². The van der Waals surface area contributed by atoms with Crippen LogP contribution in [-0.4, -0.2) is 42.4 Å². The summed E-state index contributed by atoms with van der Waals surface area (Å²) in [5.74, 6) is -1.06. The maximum absolute atomic E-state index is 13.1. The third kappa shape index (κ3) is 3.20. The Morgan fingerprint density at radius 2 is 2.19 bits per heavy atom. The van der Waals surface area contributed by atoms with E-state index in [0.29, 0.717) is 18.9 Å². The number of benzene rings is 1. The molecule has 1 saturated heterocycles. The van der Waals surface area contributed by atoms with Crippen LogP contribution in [0, 0.1) is 21.8 Å². The Bertz CT molecular complexity index is 649. The van der Waals surface area contributed by atoms with Crippen molar-refractivity contribution in [2.45, 2.75) is 17.7 Å². The minimum atomic E-state index is -4.08. The first kappa shape index (κ1) is 15.8. The number of rotatable bonds is 4. The summed E-state index contributed by atoms with van der Waals surface area (Å²) in [5, 5.41) is 20.1. The van der Waals surface area contributed by atoms with Gasteiger partial charge in [-0.25, -0.2) is 12.8 Å². The van der Waals surface area contributed by atoms with E-state index >= 15 is 0 Å². The van der Waals surface area contributed by atoms with Gasteiger partial charge in [0.05, 0.1) is 11.0 Å². The smallest absolute Gasteiger partial charge is 0.292 e. The molecule has 1 aromatic carbocycles. The Kier molecular flexibility index (Phi) is 4.55. The van der Waals surface area contributed by atoms with E-state index in [9.17, 15) is 22.9 Å². The van der Waals surface area contributed by atoms with Crippen LogP contribution in [0.2, 0.25) is 0 Å². The van der Waals surface area contributed by atoms with Gasteiger partial charge in [0.2, 0.25) is 10.0 Å². The first-order valence-corrected chi connectivity index (χ1v) is 7.85. The molecule has 1 heterocycles. The summed E-state index contributed by atoms with van der Waals surface area (Å²) in [6.07, 6.45) is 1.27. The van der Waals surface area contributed by atoms with Crippen molar-refractivity contribution in [3.8, 4) is 0 Å². The van der Waals surface area contributed by atoms with Crippen LogP contribution in [0.25, 0.3) is 0 Å². The summed E-state index contributed by atoms with van der Waals surface area (Å²) in [4.78, 5) is 9.51. The molecule has 1 N–H and O–H groups in total. The van der Waals surface area contributed by atoms with Gasteiger partial charge < -0.3 is 5.11 Å². The fourth-order valence-corrected chi connectivity index (χ4v) is 4.08. The van der Waals surface area contributed by atoms with Gasteiger partial charge in [0.1, 0.15) is 5.82 Å². The lowest BCUT2D eigenvalue weighted by Gasteiger charge is -2.30. The van der Waals surface area contributed by atoms with Gasteiger partial charge in [0.25, 0.3) is 5.69 Å². The zero-order valence-corrected chi connectivity index (χ0v) is 11.9. The molecule has 1 fully saturated rings. The van der Waals surface area contributed by atoms with Gasteiger partial charge in [-0.05, 0) is 30.9 Å². The van der Waals surface area contributed by atoms with E-state index < -0.39 is 31.3 Å². The molecule has 7 nitrogen and oxygen atoms in total. The summed E-state index contributed by atoms with van der Waals surface area (Å²) in [7, 11) is -4.08. The molecule has 21 heavy (non-hydrogen) atoms. The van der Waals surface area contributed by atoms with Crippen molar-refractivity contribution >= 4 is 15.7 Å². The Balaban J connectivity index is 2.42. The average molecular weight is 318 g/mol. The molecule has 1 aliphatic heterocycles. The Morgan fingerprint density at radius 3 is 2.81 bits per heavy atom. The van der Waals surface area contributed by atoms with E-state index in [1.54, 1.807) is 0 Å². The van der Waals surface area contributed by atoms with E-state index in [0.717, 1.165) is 16.4 Å². The van der Waals surface area contributed by atoms with Gasteiger partial charge >= 0.3 is 0 Å². The normalized spacial score (nSPS) is 20.4. The molecular formula is C12H15FN2O5S. The third-order valence-electron chi connectivity index (χ3n) is 3.48. The van der Waals surface area contributed by atoms with Gasteiger partial charge in [-0.3, -0.25) is 10.1 Å². The Labute approximate surface area is 121 Å². The van der Waals surface area contributed by atoms with Gasteiger partial charge in [0, 0.05) is 19.7 Å². The van der Waals surface area contributed by atoms with E-state index in [4.69, 9.17) is 5.11 Å². The maximum atomic E-state index is 13.1. The van der Waals surface area contributed by atoms with Crippen molar-refractivity contribution in [2.75, 3.05) is 19.7 Å². The molecule has 0 bridgehead atoms. The van der Waals surface area contributed by atoms with Crippen molar-refractivity contribution in [3.63, 3.8) is 0 Å². The van der Waals surface area contributed by atoms with E-state index in [2.05, 4.69) is 0 Å². The van der Waals surface area contributed by atoms with Crippen LogP contribution in [0.4, 0.5) is 10.1 Å². The quantitative estimate of drug-likeness (QED) is 0.662. The molecule has 1 aliphatic rings. The lowest BCUT2D eigenvalue weighted by molar-refractivity contribution is -0.388. The lowest BCUT2D eigenvalue weighted by Crippen LogP contribution is -2.41. The second-order valence-corrected chi connectivity index (χ2v) is 6.83. The number of aliphatic hydroxyl groups excluding tert-OH is 1. The summed E-state index contributed by atoms with van der Waals surface area (Å²) >= 11 is 0. The monoisotopic (exact) mass is 318 g/mol. The molecule has 0 amide bonds. The van der Waals surface area contributed by atoms with Crippen molar-refractivity contribution in [3.05, 3.63) is 34.1 Å². The number of nitrogens with zero attached hydrogens (tertiary/aromatic N) is 2. The van der Waals surface area contributed by atoms with Crippen LogP contribution >= 0.6 is 0 Å². The highest BCUT2D eigenvalue weighted by molar-refractivity contribution is 7.89. The number of nitro benzene ring substituents is 1. The van der Waals surface area contributed by atoms with E-state index in [-0.39, 0.29) is 25.6 Å². The minimum absolute atomic E-state index is 0.105. The predicted molar refractivity (Wildman–Crippen MR) is 71.6 cm³/mol. The highest BCUT2D eigenvalue weighted by atomic mass is 32.2. The number of hydrogen-bond acceptors (Lipinski definition) is 5. The number of hydrogen-bond donors (Lipinski definition) is 1. The zero-order valence-electron chi connectivity index (χ0n) is 11.1. The number of halogens is 1. The number of nitro groups is 1. The van der Waals surface area contributed by atoms with Crippen molar-refractivity contribution in [1.82, 2.24) is 4.31 Å². The maximum Gasteiger partial charge on any atom is 0.292 e. The zero-order chi connectivity index (χ0) is 15.6. The summed E-state index contributed by atoms with van der Waals surface area (Å²) in [6, 6.07) is 2.39. The topological polar surface area (TPSA) is 101 Å².